The van der Waals surface area contributed by atoms with Crippen molar-refractivity contribution in [1.29, 1.82) is 0 Å². The maximum Gasteiger partial charge on any atom is 0.338 e. The van der Waals surface area contributed by atoms with Gasteiger partial charge >= 0.3 is 5.97 Å². The summed E-state index contributed by atoms with van der Waals surface area (Å²) in [6, 6.07) is 24.8. The summed E-state index contributed by atoms with van der Waals surface area (Å²) < 4.78 is 18.9. The molecule has 1 amide bonds. The van der Waals surface area contributed by atoms with Crippen LogP contribution in [0.25, 0.3) is 10.8 Å². The van der Waals surface area contributed by atoms with E-state index in [1.807, 2.05) is 30.3 Å². The molecule has 0 unspecified atom stereocenters. The summed E-state index contributed by atoms with van der Waals surface area (Å²) in [6.07, 6.45) is 1.55. The fourth-order valence-corrected chi connectivity index (χ4v) is 6.93. The Hall–Kier alpha value is -4.01. The SMILES string of the molecule is CCOC(=O)C1=C(C)NC(=S)N[C@@H]1c1ccccc1OCC(=O)NN=Cc1cc(Br)c(OCc2ccc3ccccc3c2)c(I)c1. The molecule has 0 aromatic heterocycles. The van der Waals surface area contributed by atoms with Crippen molar-refractivity contribution >= 4 is 84.7 Å². The number of ether oxygens (including phenoxy) is 3. The van der Waals surface area contributed by atoms with Gasteiger partial charge in [0.15, 0.2) is 11.7 Å². The standard InChI is InChI=1S/C34H30BrIN4O5S/c1-3-43-33(42)30-20(2)38-34(46)39-31(30)25-10-6-7-11-28(25)44-19-29(41)40-37-17-22-15-26(35)32(27(36)16-22)45-18-21-12-13-23-8-4-5-9-24(23)14-21/h4-17,31H,3,18-19H2,1-2H3,(H,40,41)(H2,38,39,46)/t31-/m1/s1. The molecule has 3 N–H and O–H groups in total. The van der Waals surface area contributed by atoms with Crippen molar-refractivity contribution in [2.45, 2.75) is 26.5 Å². The molecule has 5 rings (SSSR count). The Morgan fingerprint density at radius 3 is 2.59 bits per heavy atom. The number of hydrazone groups is 1. The number of esters is 1. The van der Waals surface area contributed by atoms with Crippen LogP contribution in [0.15, 0.2) is 99.7 Å². The minimum atomic E-state index is -0.620. The van der Waals surface area contributed by atoms with E-state index in [1.165, 1.54) is 10.8 Å². The van der Waals surface area contributed by atoms with Gasteiger partial charge in [-0.15, -0.1) is 0 Å². The lowest BCUT2D eigenvalue weighted by atomic mass is 9.95. The lowest BCUT2D eigenvalue weighted by Gasteiger charge is -2.30. The second-order valence-electron chi connectivity index (χ2n) is 10.2. The molecule has 46 heavy (non-hydrogen) atoms. The second-order valence-corrected chi connectivity index (χ2v) is 12.6. The quantitative estimate of drug-likeness (QED) is 0.0507. The van der Waals surface area contributed by atoms with E-state index in [0.29, 0.717) is 34.3 Å². The van der Waals surface area contributed by atoms with Gasteiger partial charge in [-0.05, 0) is 111 Å². The zero-order chi connectivity index (χ0) is 32.6. The number of nitrogens with zero attached hydrogens (tertiary/aromatic N) is 1. The van der Waals surface area contributed by atoms with Crippen molar-refractivity contribution in [1.82, 2.24) is 16.1 Å². The molecule has 1 heterocycles. The van der Waals surface area contributed by atoms with Crippen LogP contribution in [0.3, 0.4) is 0 Å². The summed E-state index contributed by atoms with van der Waals surface area (Å²) >= 11 is 11.1. The number of benzene rings is 4. The Bertz CT molecular complexity index is 1840. The van der Waals surface area contributed by atoms with Crippen LogP contribution in [-0.2, 0) is 20.9 Å². The fraction of sp³-hybridized carbons (Fsp3) is 0.176. The van der Waals surface area contributed by atoms with Crippen LogP contribution in [0.5, 0.6) is 11.5 Å². The van der Waals surface area contributed by atoms with Crippen LogP contribution in [0.1, 0.15) is 36.6 Å². The van der Waals surface area contributed by atoms with E-state index in [4.69, 9.17) is 26.4 Å². The number of para-hydroxylation sites is 1. The van der Waals surface area contributed by atoms with Gasteiger partial charge in [0.25, 0.3) is 5.91 Å². The number of carbonyl (C=O) groups is 2. The van der Waals surface area contributed by atoms with Gasteiger partial charge in [-0.25, -0.2) is 10.2 Å². The lowest BCUT2D eigenvalue weighted by Crippen LogP contribution is -2.45. The molecule has 9 nitrogen and oxygen atoms in total. The van der Waals surface area contributed by atoms with Crippen molar-refractivity contribution in [2.24, 2.45) is 5.10 Å². The van der Waals surface area contributed by atoms with Gasteiger partial charge in [0, 0.05) is 11.3 Å². The topological polar surface area (TPSA) is 110 Å². The summed E-state index contributed by atoms with van der Waals surface area (Å²) in [7, 11) is 0. The molecule has 0 radical (unpaired) electrons. The Morgan fingerprint density at radius 2 is 1.80 bits per heavy atom. The number of hydrogen-bond donors (Lipinski definition) is 3. The number of rotatable bonds is 11. The first-order valence-electron chi connectivity index (χ1n) is 14.3. The Kier molecular flexibility index (Phi) is 11.3. The predicted octanol–water partition coefficient (Wildman–Crippen LogP) is 6.67. The van der Waals surface area contributed by atoms with E-state index in [1.54, 1.807) is 38.3 Å². The lowest BCUT2D eigenvalue weighted by molar-refractivity contribution is -0.139. The molecular formula is C34H30BrIN4O5S. The third-order valence-corrected chi connectivity index (χ3v) is 8.58. The molecule has 0 saturated carbocycles. The number of hydrogen-bond acceptors (Lipinski definition) is 7. The zero-order valence-corrected chi connectivity index (χ0v) is 29.5. The van der Waals surface area contributed by atoms with Crippen molar-refractivity contribution in [3.8, 4) is 11.5 Å². The molecule has 0 saturated heterocycles. The molecule has 0 bridgehead atoms. The zero-order valence-electron chi connectivity index (χ0n) is 24.9. The summed E-state index contributed by atoms with van der Waals surface area (Å²) in [5.41, 5.74) is 5.93. The monoisotopic (exact) mass is 812 g/mol. The fourth-order valence-electron chi connectivity index (χ4n) is 4.89. The van der Waals surface area contributed by atoms with Gasteiger partial charge in [0.1, 0.15) is 18.1 Å². The number of nitrogens with one attached hydrogen (secondary N) is 3. The number of allylic oxidation sites excluding steroid dienone is 1. The second kappa shape index (κ2) is 15.5. The maximum atomic E-state index is 12.8. The molecule has 0 spiro atoms. The van der Waals surface area contributed by atoms with Crippen LogP contribution in [0.4, 0.5) is 0 Å². The van der Waals surface area contributed by atoms with E-state index >= 15 is 0 Å². The van der Waals surface area contributed by atoms with Gasteiger partial charge in [-0.2, -0.15) is 5.10 Å². The minimum absolute atomic E-state index is 0.228. The van der Waals surface area contributed by atoms with E-state index in [9.17, 15) is 9.59 Å². The largest absolute Gasteiger partial charge is 0.487 e. The highest BCUT2D eigenvalue weighted by molar-refractivity contribution is 14.1. The average molecular weight is 814 g/mol. The number of thiocarbonyl (C=S) groups is 1. The van der Waals surface area contributed by atoms with Crippen molar-refractivity contribution < 1.29 is 23.8 Å². The Labute approximate surface area is 294 Å². The normalized spacial score (nSPS) is 14.5. The Morgan fingerprint density at radius 1 is 1.04 bits per heavy atom. The number of halogens is 2. The number of carbonyl (C=O) groups excluding carboxylic acids is 2. The van der Waals surface area contributed by atoms with Crippen LogP contribution in [0.2, 0.25) is 0 Å². The molecule has 1 aliphatic heterocycles. The highest BCUT2D eigenvalue weighted by atomic mass is 127. The highest BCUT2D eigenvalue weighted by Gasteiger charge is 2.32. The van der Waals surface area contributed by atoms with Gasteiger partial charge in [-0.1, -0.05) is 54.6 Å². The van der Waals surface area contributed by atoms with Gasteiger partial charge < -0.3 is 24.8 Å². The summed E-state index contributed by atoms with van der Waals surface area (Å²) in [5, 5.41) is 12.9. The first kappa shape index (κ1) is 33.4. The third-order valence-electron chi connectivity index (χ3n) is 6.97. The van der Waals surface area contributed by atoms with Crippen LogP contribution >= 0.6 is 50.7 Å². The first-order valence-corrected chi connectivity index (χ1v) is 16.6. The summed E-state index contributed by atoms with van der Waals surface area (Å²) in [4.78, 5) is 25.4. The molecule has 4 aromatic rings. The number of fused-ring (bicyclic) bond motifs is 1. The van der Waals surface area contributed by atoms with Crippen LogP contribution in [0, 0.1) is 3.57 Å². The van der Waals surface area contributed by atoms with E-state index in [0.717, 1.165) is 24.9 Å². The summed E-state index contributed by atoms with van der Waals surface area (Å²) in [5.74, 6) is 0.208. The smallest absolute Gasteiger partial charge is 0.338 e. The Balaban J connectivity index is 1.19. The average Bonchev–Trinajstić information content (AvgIpc) is 3.03. The van der Waals surface area contributed by atoms with E-state index < -0.39 is 17.9 Å². The molecule has 4 aromatic carbocycles. The first-order chi connectivity index (χ1) is 22.2. The molecule has 236 valence electrons. The molecule has 1 atom stereocenters. The van der Waals surface area contributed by atoms with Crippen molar-refractivity contribution in [2.75, 3.05) is 13.2 Å². The maximum absolute atomic E-state index is 12.8. The van der Waals surface area contributed by atoms with Gasteiger partial charge in [0.05, 0.1) is 32.5 Å². The highest BCUT2D eigenvalue weighted by Crippen LogP contribution is 2.34. The molecule has 0 aliphatic carbocycles. The van der Waals surface area contributed by atoms with Crippen LogP contribution in [-0.4, -0.2) is 36.4 Å². The predicted molar refractivity (Wildman–Crippen MR) is 194 cm³/mol. The van der Waals surface area contributed by atoms with E-state index in [2.05, 4.69) is 90.0 Å². The number of amides is 1. The van der Waals surface area contributed by atoms with Gasteiger partial charge in [0.2, 0.25) is 0 Å². The molecule has 0 fully saturated rings. The molecular weight excluding hydrogens is 783 g/mol. The third kappa shape index (κ3) is 8.22. The molecule has 12 heteroatoms. The summed E-state index contributed by atoms with van der Waals surface area (Å²) in [6.45, 7) is 3.85. The molecule has 1 aliphatic rings. The minimum Gasteiger partial charge on any atom is -0.487 e. The van der Waals surface area contributed by atoms with Crippen molar-refractivity contribution in [3.63, 3.8) is 0 Å². The van der Waals surface area contributed by atoms with Gasteiger partial charge in [-0.3, -0.25) is 4.79 Å². The van der Waals surface area contributed by atoms with Crippen molar-refractivity contribution in [3.05, 3.63) is 115 Å². The van der Waals surface area contributed by atoms with E-state index in [-0.39, 0.29) is 13.2 Å². The van der Waals surface area contributed by atoms with Crippen LogP contribution < -0.4 is 25.5 Å².